The van der Waals surface area contributed by atoms with Crippen molar-refractivity contribution in [3.8, 4) is 0 Å². The number of ether oxygens (including phenoxy) is 1. The first-order chi connectivity index (χ1) is 20.3. The molecule has 1 aliphatic carbocycles. The van der Waals surface area contributed by atoms with Crippen molar-refractivity contribution in [3.63, 3.8) is 0 Å². The second-order valence-corrected chi connectivity index (χ2v) is 11.0. The van der Waals surface area contributed by atoms with Crippen LogP contribution in [-0.4, -0.2) is 67.4 Å². The number of aryl methyl sites for hydroxylation is 1. The number of methoxy groups -OCH3 is 1. The maximum Gasteiger partial charge on any atom is 0.408 e. The average Bonchev–Trinajstić information content (AvgIpc) is 3.68. The molecule has 1 saturated heterocycles. The van der Waals surface area contributed by atoms with Gasteiger partial charge in [-0.1, -0.05) is 0 Å². The molecule has 2 amide bonds. The molecular weight excluding hydrogens is 581 g/mol. The normalized spacial score (nSPS) is 23.2. The molecule has 2 aliphatic rings. The van der Waals surface area contributed by atoms with Gasteiger partial charge in [0.05, 0.1) is 30.7 Å². The zero-order chi connectivity index (χ0) is 31.2. The Morgan fingerprint density at radius 2 is 1.93 bits per heavy atom. The van der Waals surface area contributed by atoms with Crippen LogP contribution in [0.2, 0.25) is 0 Å². The lowest BCUT2D eigenvalue weighted by Crippen LogP contribution is -2.42. The minimum absolute atomic E-state index is 0.115. The molecule has 2 fully saturated rings. The molecule has 4 heterocycles. The van der Waals surface area contributed by atoms with Gasteiger partial charge in [-0.15, -0.1) is 0 Å². The van der Waals surface area contributed by atoms with Gasteiger partial charge in [-0.25, -0.2) is 18.3 Å². The highest BCUT2D eigenvalue weighted by atomic mass is 19.4. The highest BCUT2D eigenvalue weighted by Gasteiger charge is 2.60. The molecule has 0 radical (unpaired) electrons. The minimum atomic E-state index is -4.76. The van der Waals surface area contributed by atoms with Crippen LogP contribution in [0.15, 0.2) is 30.6 Å². The second kappa shape index (κ2) is 11.2. The summed E-state index contributed by atoms with van der Waals surface area (Å²) in [7, 11) is 0.986. The molecular formula is C27H30F5N7O4. The van der Waals surface area contributed by atoms with Crippen LogP contribution in [0.5, 0.6) is 0 Å². The van der Waals surface area contributed by atoms with Gasteiger partial charge in [-0.2, -0.15) is 23.4 Å². The molecule has 1 unspecified atom stereocenters. The van der Waals surface area contributed by atoms with Gasteiger partial charge < -0.3 is 15.4 Å². The predicted molar refractivity (Wildman–Crippen MR) is 139 cm³/mol. The Morgan fingerprint density at radius 1 is 1.21 bits per heavy atom. The van der Waals surface area contributed by atoms with E-state index in [0.29, 0.717) is 17.9 Å². The van der Waals surface area contributed by atoms with Crippen molar-refractivity contribution < 1.29 is 41.1 Å². The van der Waals surface area contributed by atoms with E-state index in [2.05, 4.69) is 20.5 Å². The smallest absolute Gasteiger partial charge is 0.408 e. The Morgan fingerprint density at radius 3 is 2.56 bits per heavy atom. The Labute approximate surface area is 242 Å². The molecule has 3 atom stereocenters. The number of carbonyl (C=O) groups is 3. The minimum Gasteiger partial charge on any atom is -0.468 e. The van der Waals surface area contributed by atoms with Gasteiger partial charge in [-0.3, -0.25) is 19.1 Å². The van der Waals surface area contributed by atoms with Gasteiger partial charge in [0.15, 0.2) is 11.1 Å². The lowest BCUT2D eigenvalue weighted by Gasteiger charge is -2.33. The van der Waals surface area contributed by atoms with Gasteiger partial charge in [0.1, 0.15) is 11.7 Å². The van der Waals surface area contributed by atoms with Crippen LogP contribution in [0, 0.1) is 11.3 Å². The summed E-state index contributed by atoms with van der Waals surface area (Å²) in [5, 5.41) is 13.3. The van der Waals surface area contributed by atoms with Crippen molar-refractivity contribution in [1.29, 1.82) is 0 Å². The van der Waals surface area contributed by atoms with Crippen molar-refractivity contribution in [2.24, 2.45) is 11.3 Å². The Balaban J connectivity index is 1.46. The van der Waals surface area contributed by atoms with E-state index in [9.17, 15) is 36.3 Å². The van der Waals surface area contributed by atoms with E-state index in [1.165, 1.54) is 33.7 Å². The number of carbonyl (C=O) groups excluding carboxylic acids is 3. The van der Waals surface area contributed by atoms with E-state index >= 15 is 0 Å². The molecule has 3 aromatic heterocycles. The first-order valence-electron chi connectivity index (χ1n) is 13.8. The molecule has 3 aromatic rings. The molecule has 1 saturated carbocycles. The summed E-state index contributed by atoms with van der Waals surface area (Å²) in [5.41, 5.74) is -1.10. The van der Waals surface area contributed by atoms with E-state index in [0.717, 1.165) is 7.11 Å². The third-order valence-corrected chi connectivity index (χ3v) is 8.23. The van der Waals surface area contributed by atoms with Crippen LogP contribution in [0.3, 0.4) is 0 Å². The largest absolute Gasteiger partial charge is 0.468 e. The third-order valence-electron chi connectivity index (χ3n) is 8.23. The molecule has 0 spiro atoms. The number of nitrogens with zero attached hydrogens (tertiary/aromatic N) is 5. The van der Waals surface area contributed by atoms with E-state index in [1.807, 2.05) is 12.2 Å². The summed E-state index contributed by atoms with van der Waals surface area (Å²) in [6, 6.07) is 1.49. The maximum atomic E-state index is 14.0. The molecule has 43 heavy (non-hydrogen) atoms. The van der Waals surface area contributed by atoms with Crippen LogP contribution in [-0.2, 0) is 27.3 Å². The quantitative estimate of drug-likeness (QED) is 0.227. The van der Waals surface area contributed by atoms with E-state index in [-0.39, 0.29) is 43.0 Å². The molecule has 16 heteroatoms. The number of halogens is 5. The van der Waals surface area contributed by atoms with E-state index in [4.69, 9.17) is 4.74 Å². The molecule has 11 nitrogen and oxygen atoms in total. The average molecular weight is 612 g/mol. The van der Waals surface area contributed by atoms with Crippen molar-refractivity contribution in [2.45, 2.75) is 76.2 Å². The van der Waals surface area contributed by atoms with Crippen molar-refractivity contribution in [1.82, 2.24) is 35.0 Å². The van der Waals surface area contributed by atoms with Crippen molar-refractivity contribution >= 4 is 23.4 Å². The number of amides is 2. The second-order valence-electron chi connectivity index (χ2n) is 11.0. The number of alkyl halides is 5. The third kappa shape index (κ3) is 5.91. The highest BCUT2D eigenvalue weighted by molar-refractivity contribution is 6.04. The number of aromatic nitrogens is 5. The van der Waals surface area contributed by atoms with Crippen molar-refractivity contribution in [3.05, 3.63) is 47.7 Å². The number of rotatable bonds is 8. The van der Waals surface area contributed by atoms with Crippen LogP contribution >= 0.6 is 0 Å². The Bertz CT molecular complexity index is 1530. The summed E-state index contributed by atoms with van der Waals surface area (Å²) >= 11 is 0. The summed E-state index contributed by atoms with van der Waals surface area (Å²) in [6.07, 6.45) is -3.54. The molecule has 232 valence electrons. The fourth-order valence-corrected chi connectivity index (χ4v) is 5.90. The number of hydrogen-bond donors (Lipinski definition) is 2. The lowest BCUT2D eigenvalue weighted by molar-refractivity contribution is -0.160. The number of hydrogen-bond acceptors (Lipinski definition) is 7. The molecule has 5 rings (SSSR count). The van der Waals surface area contributed by atoms with Crippen LogP contribution in [0.1, 0.15) is 66.9 Å². The van der Waals surface area contributed by atoms with Crippen LogP contribution < -0.4 is 10.6 Å². The predicted octanol–water partition coefficient (Wildman–Crippen LogP) is 3.40. The monoisotopic (exact) mass is 611 g/mol. The van der Waals surface area contributed by atoms with Gasteiger partial charge in [-0.05, 0) is 43.9 Å². The van der Waals surface area contributed by atoms with Gasteiger partial charge in [0, 0.05) is 38.4 Å². The molecule has 2 N–H and O–H groups in total. The number of nitrogens with one attached hydrogen (secondary N) is 2. The standard InChI is InChI=1S/C27H30F5N7O4/c1-3-38-18(8-11-33-38)22(40)36-21(15-6-9-26(28,29)10-7-15)17-14-39-20(34-17)5-4-16(37-39)12-25(24(42)43-2)13-19(27(30,31)32)35-23(25)41/h4-5,8,11,14-15,19,21H,3,6-7,9-10,12-13H2,1-2H3,(H,35,41)(H,36,40)/t19-,21-,25?/m0/s1. The zero-order valence-corrected chi connectivity index (χ0v) is 23.3. The Kier molecular flexibility index (Phi) is 7.90. The topological polar surface area (TPSA) is 133 Å². The summed E-state index contributed by atoms with van der Waals surface area (Å²) in [4.78, 5) is 43.2. The lowest BCUT2D eigenvalue weighted by atomic mass is 9.80. The number of imidazole rings is 1. The van der Waals surface area contributed by atoms with Gasteiger partial charge >= 0.3 is 12.1 Å². The molecule has 1 aliphatic heterocycles. The fourth-order valence-electron chi connectivity index (χ4n) is 5.90. The molecule has 0 aromatic carbocycles. The fraction of sp³-hybridized carbons (Fsp3) is 0.556. The first-order valence-corrected chi connectivity index (χ1v) is 13.8. The Hall–Kier alpha value is -4.11. The molecule has 0 bridgehead atoms. The maximum absolute atomic E-state index is 14.0. The summed E-state index contributed by atoms with van der Waals surface area (Å²) in [5.74, 6) is -5.85. The van der Waals surface area contributed by atoms with Gasteiger partial charge in [0.2, 0.25) is 11.8 Å². The first kappa shape index (κ1) is 30.4. The summed E-state index contributed by atoms with van der Waals surface area (Å²) < 4.78 is 75.8. The van der Waals surface area contributed by atoms with Gasteiger partial charge in [0.25, 0.3) is 5.91 Å². The number of fused-ring (bicyclic) bond motifs is 1. The summed E-state index contributed by atoms with van der Waals surface area (Å²) in [6.45, 7) is 2.25. The highest BCUT2D eigenvalue weighted by Crippen LogP contribution is 2.42. The number of esters is 1. The SMILES string of the molecule is CCn1nccc1C(=O)N[C@H](c1cn2nc(CC3(C(=O)OC)C[C@@H](C(F)(F)F)NC3=O)ccc2n1)C1CCC(F)(F)CC1. The zero-order valence-electron chi connectivity index (χ0n) is 23.3. The van der Waals surface area contributed by atoms with E-state index < -0.39 is 60.2 Å². The van der Waals surface area contributed by atoms with E-state index in [1.54, 1.807) is 6.07 Å². The van der Waals surface area contributed by atoms with Crippen molar-refractivity contribution in [2.75, 3.05) is 7.11 Å². The van der Waals surface area contributed by atoms with Crippen LogP contribution in [0.4, 0.5) is 22.0 Å². The van der Waals surface area contributed by atoms with Crippen LogP contribution in [0.25, 0.3) is 5.65 Å².